The second-order valence-corrected chi connectivity index (χ2v) is 6.30. The molecule has 128 valence electrons. The smallest absolute Gasteiger partial charge is 0.273 e. The highest BCUT2D eigenvalue weighted by atomic mass is 35.5. The van der Waals surface area contributed by atoms with E-state index < -0.39 is 17.8 Å². The fraction of sp³-hybridized carbons (Fsp3) is 0.438. The predicted molar refractivity (Wildman–Crippen MR) is 88.5 cm³/mol. The van der Waals surface area contributed by atoms with Gasteiger partial charge < -0.3 is 10.6 Å². The first-order valence-electron chi connectivity index (χ1n) is 7.93. The van der Waals surface area contributed by atoms with Crippen molar-refractivity contribution in [3.63, 3.8) is 0 Å². The SMILES string of the molecule is CC(NC(=O)c1cn(C2CCNCC2)nn1)c1c(F)cccc1Cl. The third-order valence-electron chi connectivity index (χ3n) is 4.21. The van der Waals surface area contributed by atoms with Crippen LogP contribution in [0.1, 0.15) is 47.9 Å². The van der Waals surface area contributed by atoms with E-state index in [0.717, 1.165) is 25.9 Å². The Kier molecular flexibility index (Phi) is 5.11. The molecule has 0 aliphatic carbocycles. The molecule has 6 nitrogen and oxygen atoms in total. The van der Waals surface area contributed by atoms with Crippen molar-refractivity contribution in [1.29, 1.82) is 0 Å². The first-order chi connectivity index (χ1) is 11.6. The van der Waals surface area contributed by atoms with Crippen molar-refractivity contribution < 1.29 is 9.18 Å². The Morgan fingerprint density at radius 1 is 1.46 bits per heavy atom. The number of hydrogen-bond donors (Lipinski definition) is 2. The maximum Gasteiger partial charge on any atom is 0.273 e. The molecular weight excluding hydrogens is 333 g/mol. The Balaban J connectivity index is 1.70. The number of carbonyl (C=O) groups excluding carboxylic acids is 1. The highest BCUT2D eigenvalue weighted by Gasteiger charge is 2.21. The number of carbonyl (C=O) groups is 1. The van der Waals surface area contributed by atoms with Crippen molar-refractivity contribution in [1.82, 2.24) is 25.6 Å². The number of halogens is 2. The molecule has 24 heavy (non-hydrogen) atoms. The number of benzene rings is 1. The Bertz CT molecular complexity index is 709. The van der Waals surface area contributed by atoms with Crippen LogP contribution in [0.15, 0.2) is 24.4 Å². The zero-order valence-corrected chi connectivity index (χ0v) is 14.1. The molecule has 3 rings (SSSR count). The largest absolute Gasteiger partial charge is 0.344 e. The highest BCUT2D eigenvalue weighted by molar-refractivity contribution is 6.31. The van der Waals surface area contributed by atoms with Crippen LogP contribution in [-0.2, 0) is 0 Å². The van der Waals surface area contributed by atoms with Crippen LogP contribution < -0.4 is 10.6 Å². The van der Waals surface area contributed by atoms with E-state index in [1.807, 2.05) is 0 Å². The normalized spacial score (nSPS) is 16.8. The highest BCUT2D eigenvalue weighted by Crippen LogP contribution is 2.25. The summed E-state index contributed by atoms with van der Waals surface area (Å²) in [7, 11) is 0. The van der Waals surface area contributed by atoms with Crippen LogP contribution in [0.3, 0.4) is 0 Å². The van der Waals surface area contributed by atoms with Gasteiger partial charge >= 0.3 is 0 Å². The van der Waals surface area contributed by atoms with Crippen LogP contribution in [0.25, 0.3) is 0 Å². The maximum atomic E-state index is 13.9. The average molecular weight is 352 g/mol. The summed E-state index contributed by atoms with van der Waals surface area (Å²) >= 11 is 6.03. The van der Waals surface area contributed by atoms with Gasteiger partial charge in [0.2, 0.25) is 0 Å². The molecule has 1 aromatic heterocycles. The zero-order chi connectivity index (χ0) is 17.1. The van der Waals surface area contributed by atoms with E-state index in [2.05, 4.69) is 20.9 Å². The van der Waals surface area contributed by atoms with Crippen molar-refractivity contribution >= 4 is 17.5 Å². The minimum Gasteiger partial charge on any atom is -0.344 e. The van der Waals surface area contributed by atoms with Crippen molar-refractivity contribution in [2.75, 3.05) is 13.1 Å². The zero-order valence-electron chi connectivity index (χ0n) is 13.3. The molecule has 1 atom stereocenters. The third-order valence-corrected chi connectivity index (χ3v) is 4.54. The molecule has 2 aromatic rings. The Labute approximate surface area is 144 Å². The van der Waals surface area contributed by atoms with Crippen LogP contribution in [0.5, 0.6) is 0 Å². The average Bonchev–Trinajstić information content (AvgIpc) is 3.05. The Morgan fingerprint density at radius 2 is 2.21 bits per heavy atom. The van der Waals surface area contributed by atoms with E-state index in [1.54, 1.807) is 23.9 Å². The molecule has 1 fully saturated rings. The van der Waals surface area contributed by atoms with Crippen LogP contribution in [0.4, 0.5) is 4.39 Å². The summed E-state index contributed by atoms with van der Waals surface area (Å²) in [5.41, 5.74) is 0.478. The number of nitrogens with one attached hydrogen (secondary N) is 2. The van der Waals surface area contributed by atoms with Gasteiger partial charge in [-0.05, 0) is 45.0 Å². The predicted octanol–water partition coefficient (Wildman–Crippen LogP) is 2.49. The minimum atomic E-state index is -0.574. The summed E-state index contributed by atoms with van der Waals surface area (Å²) in [6, 6.07) is 4.11. The number of hydrogen-bond acceptors (Lipinski definition) is 4. The van der Waals surface area contributed by atoms with Crippen molar-refractivity contribution in [2.24, 2.45) is 0 Å². The maximum absolute atomic E-state index is 13.9. The van der Waals surface area contributed by atoms with Gasteiger partial charge in [-0.2, -0.15) is 0 Å². The monoisotopic (exact) mass is 351 g/mol. The van der Waals surface area contributed by atoms with E-state index in [-0.39, 0.29) is 22.3 Å². The summed E-state index contributed by atoms with van der Waals surface area (Å²) in [6.07, 6.45) is 3.54. The summed E-state index contributed by atoms with van der Waals surface area (Å²) in [5, 5.41) is 14.3. The number of amides is 1. The topological polar surface area (TPSA) is 71.8 Å². The van der Waals surface area contributed by atoms with E-state index in [1.165, 1.54) is 12.1 Å². The molecule has 2 N–H and O–H groups in total. The molecule has 1 aliphatic rings. The quantitative estimate of drug-likeness (QED) is 0.887. The molecule has 1 saturated heterocycles. The van der Waals surface area contributed by atoms with Crippen molar-refractivity contribution in [3.05, 3.63) is 46.5 Å². The molecule has 1 amide bonds. The summed E-state index contributed by atoms with van der Waals surface area (Å²) < 4.78 is 15.7. The van der Waals surface area contributed by atoms with Crippen molar-refractivity contribution in [2.45, 2.75) is 31.8 Å². The number of aromatic nitrogens is 3. The lowest BCUT2D eigenvalue weighted by Crippen LogP contribution is -2.29. The van der Waals surface area contributed by atoms with Gasteiger partial charge in [0.05, 0.1) is 18.3 Å². The van der Waals surface area contributed by atoms with Gasteiger partial charge in [-0.25, -0.2) is 9.07 Å². The lowest BCUT2D eigenvalue weighted by atomic mass is 10.1. The van der Waals surface area contributed by atoms with Gasteiger partial charge in [0.15, 0.2) is 5.69 Å². The Hall–Kier alpha value is -1.99. The number of rotatable bonds is 4. The van der Waals surface area contributed by atoms with E-state index in [9.17, 15) is 9.18 Å². The molecule has 1 unspecified atom stereocenters. The fourth-order valence-corrected chi connectivity index (χ4v) is 3.22. The first kappa shape index (κ1) is 16.9. The second kappa shape index (κ2) is 7.27. The van der Waals surface area contributed by atoms with Gasteiger partial charge in [-0.3, -0.25) is 4.79 Å². The molecule has 0 bridgehead atoms. The van der Waals surface area contributed by atoms with Crippen LogP contribution in [0.2, 0.25) is 5.02 Å². The Morgan fingerprint density at radius 3 is 2.92 bits per heavy atom. The van der Waals surface area contributed by atoms with Crippen LogP contribution in [0, 0.1) is 5.82 Å². The molecule has 2 heterocycles. The minimum absolute atomic E-state index is 0.216. The number of nitrogens with zero attached hydrogens (tertiary/aromatic N) is 3. The molecule has 0 radical (unpaired) electrons. The van der Waals surface area contributed by atoms with Gasteiger partial charge in [-0.15, -0.1) is 5.10 Å². The summed E-state index contributed by atoms with van der Waals surface area (Å²) in [5.74, 6) is -0.851. The second-order valence-electron chi connectivity index (χ2n) is 5.90. The first-order valence-corrected chi connectivity index (χ1v) is 8.31. The number of piperidine rings is 1. The molecule has 1 aliphatic heterocycles. The van der Waals surface area contributed by atoms with E-state index in [4.69, 9.17) is 11.6 Å². The molecule has 0 spiro atoms. The lowest BCUT2D eigenvalue weighted by Gasteiger charge is -2.22. The lowest BCUT2D eigenvalue weighted by molar-refractivity contribution is 0.0934. The van der Waals surface area contributed by atoms with Gasteiger partial charge in [0, 0.05) is 10.6 Å². The molecular formula is C16H19ClFN5O. The fourth-order valence-electron chi connectivity index (χ4n) is 2.90. The molecule has 1 aromatic carbocycles. The molecule has 8 heteroatoms. The van der Waals surface area contributed by atoms with Crippen LogP contribution >= 0.6 is 11.6 Å². The van der Waals surface area contributed by atoms with E-state index in [0.29, 0.717) is 0 Å². The standard InChI is InChI=1S/C16H19ClFN5O/c1-10(15-12(17)3-2-4-13(15)18)20-16(24)14-9-23(22-21-14)11-5-7-19-8-6-11/h2-4,9-11,19H,5-8H2,1H3,(H,20,24). The molecule has 0 saturated carbocycles. The van der Waals surface area contributed by atoms with E-state index >= 15 is 0 Å². The summed E-state index contributed by atoms with van der Waals surface area (Å²) in [6.45, 7) is 3.53. The van der Waals surface area contributed by atoms with Crippen molar-refractivity contribution in [3.8, 4) is 0 Å². The van der Waals surface area contributed by atoms with Gasteiger partial charge in [-0.1, -0.05) is 22.9 Å². The van der Waals surface area contributed by atoms with Gasteiger partial charge in [0.25, 0.3) is 5.91 Å². The summed E-state index contributed by atoms with van der Waals surface area (Å²) in [4.78, 5) is 12.3. The van der Waals surface area contributed by atoms with Crippen LogP contribution in [-0.4, -0.2) is 34.0 Å². The van der Waals surface area contributed by atoms with Gasteiger partial charge in [0.1, 0.15) is 5.82 Å². The third kappa shape index (κ3) is 3.57.